The summed E-state index contributed by atoms with van der Waals surface area (Å²) in [6.07, 6.45) is 6.97. The Labute approximate surface area is 178 Å². The van der Waals surface area contributed by atoms with Crippen molar-refractivity contribution in [1.82, 2.24) is 24.6 Å². The lowest BCUT2D eigenvalue weighted by Gasteiger charge is -2.34. The Kier molecular flexibility index (Phi) is 7.05. The molecule has 0 saturated carbocycles. The maximum Gasteiger partial charge on any atom is 0.225 e. The van der Waals surface area contributed by atoms with E-state index in [-0.39, 0.29) is 0 Å². The molecule has 7 nitrogen and oxygen atoms in total. The zero-order valence-corrected chi connectivity index (χ0v) is 17.7. The number of benzene rings is 1. The summed E-state index contributed by atoms with van der Waals surface area (Å²) in [4.78, 5) is 13.5. The molecule has 1 fully saturated rings. The molecular formula is C23H30N6O. The summed E-state index contributed by atoms with van der Waals surface area (Å²) >= 11 is 0. The van der Waals surface area contributed by atoms with Crippen molar-refractivity contribution in [3.8, 4) is 5.69 Å². The van der Waals surface area contributed by atoms with E-state index in [1.54, 1.807) is 7.11 Å². The number of para-hydroxylation sites is 1. The van der Waals surface area contributed by atoms with Crippen LogP contribution < -0.4 is 4.90 Å². The molecule has 158 valence electrons. The summed E-state index contributed by atoms with van der Waals surface area (Å²) in [6, 6.07) is 14.4. The van der Waals surface area contributed by atoms with E-state index in [1.165, 1.54) is 12.1 Å². The van der Waals surface area contributed by atoms with Crippen molar-refractivity contribution in [2.24, 2.45) is 0 Å². The number of hydrogen-bond donors (Lipinski definition) is 0. The second-order valence-electron chi connectivity index (χ2n) is 7.64. The average molecular weight is 407 g/mol. The third-order valence-corrected chi connectivity index (χ3v) is 5.49. The largest absolute Gasteiger partial charge is 0.378 e. The molecule has 1 saturated heterocycles. The molecule has 1 aromatic carbocycles. The SMILES string of the molecule is COCc1cc(CCCCN2CCN(c3ncccn3)CC2)n(-c2ccccc2)n1. The van der Waals surface area contributed by atoms with Crippen LogP contribution in [0.1, 0.15) is 24.2 Å². The molecule has 0 N–H and O–H groups in total. The van der Waals surface area contributed by atoms with Crippen LogP contribution in [-0.4, -0.2) is 64.5 Å². The summed E-state index contributed by atoms with van der Waals surface area (Å²) in [5.41, 5.74) is 3.34. The third kappa shape index (κ3) is 5.23. The summed E-state index contributed by atoms with van der Waals surface area (Å²) in [7, 11) is 1.71. The maximum atomic E-state index is 5.28. The zero-order chi connectivity index (χ0) is 20.6. The van der Waals surface area contributed by atoms with E-state index in [0.717, 1.165) is 62.9 Å². The molecule has 3 heterocycles. The highest BCUT2D eigenvalue weighted by molar-refractivity contribution is 5.33. The minimum atomic E-state index is 0.544. The smallest absolute Gasteiger partial charge is 0.225 e. The second-order valence-corrected chi connectivity index (χ2v) is 7.64. The highest BCUT2D eigenvalue weighted by Crippen LogP contribution is 2.16. The molecular weight excluding hydrogens is 376 g/mol. The standard InChI is InChI=1S/C23H30N6O/c1-30-19-20-18-22(29(26-20)21-8-3-2-4-9-21)10-5-6-13-27-14-16-28(17-15-27)23-24-11-7-12-25-23/h2-4,7-9,11-12,18H,5-6,10,13-17,19H2,1H3. The van der Waals surface area contributed by atoms with Gasteiger partial charge in [-0.2, -0.15) is 5.10 Å². The first-order chi connectivity index (χ1) is 14.8. The van der Waals surface area contributed by atoms with Crippen molar-refractivity contribution in [2.45, 2.75) is 25.9 Å². The van der Waals surface area contributed by atoms with E-state index in [9.17, 15) is 0 Å². The Bertz CT molecular complexity index is 891. The maximum absolute atomic E-state index is 5.28. The molecule has 0 amide bonds. The van der Waals surface area contributed by atoms with Crippen LogP contribution in [0.5, 0.6) is 0 Å². The highest BCUT2D eigenvalue weighted by atomic mass is 16.5. The van der Waals surface area contributed by atoms with Gasteiger partial charge in [-0.3, -0.25) is 4.90 Å². The Morgan fingerprint density at radius 3 is 2.43 bits per heavy atom. The first-order valence-corrected chi connectivity index (χ1v) is 10.7. The average Bonchev–Trinajstić information content (AvgIpc) is 3.21. The van der Waals surface area contributed by atoms with Crippen molar-refractivity contribution in [1.29, 1.82) is 0 Å². The summed E-state index contributed by atoms with van der Waals surface area (Å²) in [5, 5.41) is 4.74. The van der Waals surface area contributed by atoms with Crippen molar-refractivity contribution in [2.75, 3.05) is 44.7 Å². The van der Waals surface area contributed by atoms with Gasteiger partial charge in [-0.25, -0.2) is 14.6 Å². The van der Waals surface area contributed by atoms with Crippen molar-refractivity contribution in [3.63, 3.8) is 0 Å². The van der Waals surface area contributed by atoms with Crippen LogP contribution >= 0.6 is 0 Å². The number of anilines is 1. The number of hydrogen-bond acceptors (Lipinski definition) is 6. The van der Waals surface area contributed by atoms with E-state index in [2.05, 4.69) is 54.8 Å². The summed E-state index contributed by atoms with van der Waals surface area (Å²) in [5.74, 6) is 0.846. The number of piperazine rings is 1. The van der Waals surface area contributed by atoms with E-state index in [0.29, 0.717) is 6.61 Å². The summed E-state index contributed by atoms with van der Waals surface area (Å²) < 4.78 is 7.34. The van der Waals surface area contributed by atoms with Crippen molar-refractivity contribution >= 4 is 5.95 Å². The van der Waals surface area contributed by atoms with Crippen LogP contribution in [0.2, 0.25) is 0 Å². The Morgan fingerprint density at radius 2 is 1.70 bits per heavy atom. The molecule has 0 atom stereocenters. The minimum Gasteiger partial charge on any atom is -0.378 e. The normalized spacial score (nSPS) is 14.9. The van der Waals surface area contributed by atoms with Crippen LogP contribution in [0.4, 0.5) is 5.95 Å². The number of aryl methyl sites for hydroxylation is 1. The van der Waals surface area contributed by atoms with Crippen LogP contribution in [-0.2, 0) is 17.8 Å². The van der Waals surface area contributed by atoms with Gasteiger partial charge in [0.05, 0.1) is 18.0 Å². The number of unbranched alkanes of at least 4 members (excludes halogenated alkanes) is 1. The quantitative estimate of drug-likeness (QED) is 0.509. The zero-order valence-electron chi connectivity index (χ0n) is 17.7. The lowest BCUT2D eigenvalue weighted by molar-refractivity contribution is 0.181. The van der Waals surface area contributed by atoms with Crippen molar-refractivity contribution < 1.29 is 4.74 Å². The number of methoxy groups -OCH3 is 1. The topological polar surface area (TPSA) is 59.3 Å². The molecule has 7 heteroatoms. The molecule has 0 radical (unpaired) electrons. The number of aromatic nitrogens is 4. The predicted molar refractivity (Wildman–Crippen MR) is 118 cm³/mol. The van der Waals surface area contributed by atoms with Gasteiger partial charge in [-0.05, 0) is 50.1 Å². The molecule has 3 aromatic rings. The molecule has 30 heavy (non-hydrogen) atoms. The fourth-order valence-corrected chi connectivity index (χ4v) is 3.93. The number of rotatable bonds is 9. The lowest BCUT2D eigenvalue weighted by Crippen LogP contribution is -2.47. The van der Waals surface area contributed by atoms with Crippen LogP contribution in [0.3, 0.4) is 0 Å². The fourth-order valence-electron chi connectivity index (χ4n) is 3.93. The number of nitrogens with zero attached hydrogens (tertiary/aromatic N) is 6. The van der Waals surface area contributed by atoms with Gasteiger partial charge in [0.25, 0.3) is 0 Å². The van der Waals surface area contributed by atoms with Gasteiger partial charge in [-0.1, -0.05) is 18.2 Å². The Hall–Kier alpha value is -2.77. The molecule has 1 aliphatic heterocycles. The van der Waals surface area contributed by atoms with Crippen LogP contribution in [0.15, 0.2) is 54.9 Å². The van der Waals surface area contributed by atoms with Gasteiger partial charge in [-0.15, -0.1) is 0 Å². The number of ether oxygens (including phenoxy) is 1. The summed E-state index contributed by atoms with van der Waals surface area (Å²) in [6.45, 7) is 5.79. The predicted octanol–water partition coefficient (Wildman–Crippen LogP) is 2.95. The molecule has 1 aliphatic rings. The minimum absolute atomic E-state index is 0.544. The van der Waals surface area contributed by atoms with Gasteiger partial charge in [0.15, 0.2) is 0 Å². The highest BCUT2D eigenvalue weighted by Gasteiger charge is 2.18. The fraction of sp³-hybridized carbons (Fsp3) is 0.435. The van der Waals surface area contributed by atoms with Gasteiger partial charge in [0.2, 0.25) is 5.95 Å². The Balaban J connectivity index is 1.26. The van der Waals surface area contributed by atoms with E-state index in [4.69, 9.17) is 9.84 Å². The lowest BCUT2D eigenvalue weighted by atomic mass is 10.1. The Morgan fingerprint density at radius 1 is 0.933 bits per heavy atom. The molecule has 0 unspecified atom stereocenters. The molecule has 4 rings (SSSR count). The van der Waals surface area contributed by atoms with E-state index in [1.807, 2.05) is 24.5 Å². The monoisotopic (exact) mass is 406 g/mol. The molecule has 0 spiro atoms. The molecule has 2 aromatic heterocycles. The van der Waals surface area contributed by atoms with Crippen LogP contribution in [0, 0.1) is 0 Å². The van der Waals surface area contributed by atoms with Gasteiger partial charge >= 0.3 is 0 Å². The van der Waals surface area contributed by atoms with E-state index < -0.39 is 0 Å². The second kappa shape index (κ2) is 10.3. The molecule has 0 aliphatic carbocycles. The van der Waals surface area contributed by atoms with Crippen molar-refractivity contribution in [3.05, 3.63) is 66.2 Å². The van der Waals surface area contributed by atoms with Gasteiger partial charge in [0, 0.05) is 51.4 Å². The van der Waals surface area contributed by atoms with Crippen LogP contribution in [0.25, 0.3) is 5.69 Å². The first kappa shape index (κ1) is 20.5. The first-order valence-electron chi connectivity index (χ1n) is 10.7. The molecule has 0 bridgehead atoms. The third-order valence-electron chi connectivity index (χ3n) is 5.49. The van der Waals surface area contributed by atoms with Gasteiger partial charge < -0.3 is 9.64 Å². The van der Waals surface area contributed by atoms with E-state index >= 15 is 0 Å². The van der Waals surface area contributed by atoms with Gasteiger partial charge in [0.1, 0.15) is 0 Å².